The second-order valence-electron chi connectivity index (χ2n) is 4.47. The number of nitrogens with zero attached hydrogens (tertiary/aromatic N) is 1. The number of hydrogen-bond acceptors (Lipinski definition) is 2. The molecule has 2 aromatic carbocycles. The van der Waals surface area contributed by atoms with Gasteiger partial charge in [-0.2, -0.15) is 0 Å². The minimum absolute atomic E-state index is 0.0953. The Kier molecular flexibility index (Phi) is 3.09. The van der Waals surface area contributed by atoms with E-state index in [1.807, 2.05) is 36.4 Å². The summed E-state index contributed by atoms with van der Waals surface area (Å²) in [6, 6.07) is 13.3. The molecule has 20 heavy (non-hydrogen) atoms. The van der Waals surface area contributed by atoms with E-state index in [1.54, 1.807) is 18.2 Å². The van der Waals surface area contributed by atoms with E-state index in [1.165, 1.54) is 12.2 Å². The van der Waals surface area contributed by atoms with Gasteiger partial charge in [0, 0.05) is 5.56 Å². The summed E-state index contributed by atoms with van der Waals surface area (Å²) < 4.78 is 0. The Bertz CT molecular complexity index is 779. The number of aliphatic imine (C=N–C) groups is 1. The van der Waals surface area contributed by atoms with Crippen molar-refractivity contribution in [3.05, 3.63) is 72.3 Å². The molecule has 96 valence electrons. The molecule has 0 aliphatic heterocycles. The Balaban J connectivity index is 1.93. The first-order chi connectivity index (χ1) is 9.72. The smallest absolute Gasteiger partial charge is 0.277 e. The number of carbonyl (C=O) groups excluding carboxylic acids is 2. The minimum atomic E-state index is -0.311. The van der Waals surface area contributed by atoms with Crippen LogP contribution in [0.4, 0.5) is 0 Å². The van der Waals surface area contributed by atoms with Gasteiger partial charge in [0.2, 0.25) is 0 Å². The van der Waals surface area contributed by atoms with Crippen LogP contribution in [0.2, 0.25) is 0 Å². The van der Waals surface area contributed by atoms with E-state index in [0.717, 1.165) is 10.8 Å². The third kappa shape index (κ3) is 2.47. The average Bonchev–Trinajstić information content (AvgIpc) is 2.49. The molecule has 0 spiro atoms. The van der Waals surface area contributed by atoms with Crippen LogP contribution in [0.3, 0.4) is 0 Å². The van der Waals surface area contributed by atoms with Crippen molar-refractivity contribution in [2.24, 2.45) is 4.99 Å². The zero-order valence-electron chi connectivity index (χ0n) is 10.6. The van der Waals surface area contributed by atoms with Crippen LogP contribution >= 0.6 is 0 Å². The number of rotatable bonds is 1. The van der Waals surface area contributed by atoms with Crippen LogP contribution in [0.1, 0.15) is 10.4 Å². The highest BCUT2D eigenvalue weighted by atomic mass is 16.1. The normalized spacial score (nSPS) is 13.8. The number of benzene rings is 2. The molecule has 1 aliphatic carbocycles. The highest BCUT2D eigenvalue weighted by Crippen LogP contribution is 2.16. The Morgan fingerprint density at radius 2 is 1.55 bits per heavy atom. The number of fused-ring (bicyclic) bond motifs is 1. The minimum Gasteiger partial charge on any atom is -0.290 e. The second kappa shape index (κ2) is 5.05. The van der Waals surface area contributed by atoms with Gasteiger partial charge in [-0.05, 0) is 47.2 Å². The fourth-order valence-corrected chi connectivity index (χ4v) is 2.02. The average molecular weight is 261 g/mol. The van der Waals surface area contributed by atoms with Crippen molar-refractivity contribution in [1.29, 1.82) is 0 Å². The molecule has 0 bridgehead atoms. The van der Waals surface area contributed by atoms with Gasteiger partial charge in [-0.3, -0.25) is 9.59 Å². The highest BCUT2D eigenvalue weighted by Gasteiger charge is 2.07. The molecule has 3 heteroatoms. The molecule has 2 aromatic rings. The Morgan fingerprint density at radius 3 is 2.30 bits per heavy atom. The molecule has 0 saturated heterocycles. The summed E-state index contributed by atoms with van der Waals surface area (Å²) in [4.78, 5) is 27.1. The maximum Gasteiger partial charge on any atom is 0.277 e. The summed E-state index contributed by atoms with van der Waals surface area (Å²) in [6.45, 7) is 0. The van der Waals surface area contributed by atoms with Crippen LogP contribution in [-0.2, 0) is 4.79 Å². The first-order valence-electron chi connectivity index (χ1n) is 6.24. The lowest BCUT2D eigenvalue weighted by atomic mass is 10.1. The van der Waals surface area contributed by atoms with Gasteiger partial charge in [-0.25, -0.2) is 4.99 Å². The maximum absolute atomic E-state index is 12.1. The van der Waals surface area contributed by atoms with E-state index in [9.17, 15) is 9.59 Å². The molecule has 1 amide bonds. The highest BCUT2D eigenvalue weighted by molar-refractivity contribution is 6.20. The van der Waals surface area contributed by atoms with E-state index >= 15 is 0 Å². The number of carbonyl (C=O) groups is 2. The van der Waals surface area contributed by atoms with Crippen molar-refractivity contribution >= 4 is 28.2 Å². The number of allylic oxidation sites excluding steroid dienone is 4. The first-order valence-corrected chi connectivity index (χ1v) is 6.24. The lowest BCUT2D eigenvalue weighted by molar-refractivity contribution is -0.110. The molecule has 1 aliphatic rings. The van der Waals surface area contributed by atoms with Crippen molar-refractivity contribution in [3.63, 3.8) is 0 Å². The molecule has 0 atom stereocenters. The third-order valence-electron chi connectivity index (χ3n) is 3.06. The second-order valence-corrected chi connectivity index (χ2v) is 4.47. The zero-order valence-corrected chi connectivity index (χ0v) is 10.6. The number of amides is 1. The molecule has 0 aromatic heterocycles. The predicted octanol–water partition coefficient (Wildman–Crippen LogP) is 3.12. The van der Waals surface area contributed by atoms with Gasteiger partial charge in [0.1, 0.15) is 0 Å². The van der Waals surface area contributed by atoms with Crippen LogP contribution < -0.4 is 0 Å². The Morgan fingerprint density at radius 1 is 0.850 bits per heavy atom. The number of hydrogen-bond donors (Lipinski definition) is 0. The summed E-state index contributed by atoms with van der Waals surface area (Å²) in [5, 5.41) is 2.09. The lowest BCUT2D eigenvalue weighted by Crippen LogP contribution is -2.03. The zero-order chi connectivity index (χ0) is 13.9. The van der Waals surface area contributed by atoms with E-state index in [-0.39, 0.29) is 11.7 Å². The summed E-state index contributed by atoms with van der Waals surface area (Å²) in [7, 11) is 0. The van der Waals surface area contributed by atoms with Crippen molar-refractivity contribution in [3.8, 4) is 0 Å². The SMILES string of the molecule is O=C1C=CC(=NC(=O)c2ccc3ccccc3c2)C=C1. The molecule has 0 N–H and O–H groups in total. The van der Waals surface area contributed by atoms with Crippen LogP contribution in [0.5, 0.6) is 0 Å². The first kappa shape index (κ1) is 12.2. The van der Waals surface area contributed by atoms with Gasteiger partial charge in [0.15, 0.2) is 5.78 Å². The molecular formula is C17H11NO2. The van der Waals surface area contributed by atoms with Crippen LogP contribution in [0, 0.1) is 0 Å². The van der Waals surface area contributed by atoms with Gasteiger partial charge in [0.05, 0.1) is 5.71 Å². The van der Waals surface area contributed by atoms with E-state index in [4.69, 9.17) is 0 Å². The number of ketones is 1. The van der Waals surface area contributed by atoms with Crippen molar-refractivity contribution in [2.45, 2.75) is 0 Å². The fourth-order valence-electron chi connectivity index (χ4n) is 2.02. The molecule has 3 rings (SSSR count). The quantitative estimate of drug-likeness (QED) is 0.740. The van der Waals surface area contributed by atoms with Crippen LogP contribution in [0.25, 0.3) is 10.8 Å². The third-order valence-corrected chi connectivity index (χ3v) is 3.06. The Hall–Kier alpha value is -2.81. The lowest BCUT2D eigenvalue weighted by Gasteiger charge is -2.01. The predicted molar refractivity (Wildman–Crippen MR) is 79.0 cm³/mol. The van der Waals surface area contributed by atoms with E-state index in [2.05, 4.69) is 4.99 Å². The van der Waals surface area contributed by atoms with E-state index in [0.29, 0.717) is 11.3 Å². The largest absolute Gasteiger partial charge is 0.290 e. The fraction of sp³-hybridized carbons (Fsp3) is 0. The molecule has 0 saturated carbocycles. The summed E-state index contributed by atoms with van der Waals surface area (Å²) >= 11 is 0. The van der Waals surface area contributed by atoms with Gasteiger partial charge >= 0.3 is 0 Å². The molecular weight excluding hydrogens is 250 g/mol. The van der Waals surface area contributed by atoms with Crippen LogP contribution in [-0.4, -0.2) is 17.4 Å². The maximum atomic E-state index is 12.1. The standard InChI is InChI=1S/C17H11NO2/c19-16-9-7-15(8-10-16)18-17(20)14-6-5-12-3-1-2-4-13(12)11-14/h1-11H. The molecule has 0 unspecified atom stereocenters. The molecule has 0 radical (unpaired) electrons. The molecule has 3 nitrogen and oxygen atoms in total. The molecule has 0 fully saturated rings. The van der Waals surface area contributed by atoms with Crippen molar-refractivity contribution in [2.75, 3.05) is 0 Å². The summed E-state index contributed by atoms with van der Waals surface area (Å²) in [5.74, 6) is -0.406. The van der Waals surface area contributed by atoms with Gasteiger partial charge in [-0.1, -0.05) is 30.3 Å². The summed E-state index contributed by atoms with van der Waals surface area (Å²) in [6.07, 6.45) is 5.88. The Labute approximate surface area is 116 Å². The van der Waals surface area contributed by atoms with E-state index < -0.39 is 0 Å². The topological polar surface area (TPSA) is 46.5 Å². The van der Waals surface area contributed by atoms with Gasteiger partial charge < -0.3 is 0 Å². The van der Waals surface area contributed by atoms with Gasteiger partial charge in [0.25, 0.3) is 5.91 Å². The van der Waals surface area contributed by atoms with Crippen molar-refractivity contribution in [1.82, 2.24) is 0 Å². The van der Waals surface area contributed by atoms with Gasteiger partial charge in [-0.15, -0.1) is 0 Å². The molecule has 0 heterocycles. The monoisotopic (exact) mass is 261 g/mol. The summed E-state index contributed by atoms with van der Waals surface area (Å²) in [5.41, 5.74) is 1.03. The van der Waals surface area contributed by atoms with Crippen LogP contribution in [0.15, 0.2) is 71.8 Å². The van der Waals surface area contributed by atoms with Crippen molar-refractivity contribution < 1.29 is 9.59 Å².